The predicted octanol–water partition coefficient (Wildman–Crippen LogP) is 6.42. The standard InChI is InChI=1S/C10H13Cl.C10H14/c1-8(2)7-9-3-5-10(11)6-4-9;1-9(2)8-10-6-4-3-5-7-10/h3-6,8H,7H2,1-2H3;3-7,9H,8H2,1-2H3. The molecule has 0 nitrogen and oxygen atoms in total. The molecule has 0 saturated heterocycles. The molecular weight excluding hydrogens is 276 g/mol. The van der Waals surface area contributed by atoms with Crippen LogP contribution in [-0.2, 0) is 12.8 Å². The van der Waals surface area contributed by atoms with E-state index in [1.54, 1.807) is 0 Å². The summed E-state index contributed by atoms with van der Waals surface area (Å²) in [5, 5.41) is 0.817. The maximum atomic E-state index is 5.75. The molecule has 0 bridgehead atoms. The number of hydrogen-bond donors (Lipinski definition) is 0. The molecule has 0 fully saturated rings. The average molecular weight is 303 g/mol. The number of hydrogen-bond acceptors (Lipinski definition) is 0. The largest absolute Gasteiger partial charge is 0.0843 e. The predicted molar refractivity (Wildman–Crippen MR) is 95.0 cm³/mol. The van der Waals surface area contributed by atoms with E-state index in [-0.39, 0.29) is 0 Å². The van der Waals surface area contributed by atoms with Gasteiger partial charge in [-0.15, -0.1) is 0 Å². The van der Waals surface area contributed by atoms with E-state index in [9.17, 15) is 0 Å². The lowest BCUT2D eigenvalue weighted by molar-refractivity contribution is 0.647. The number of rotatable bonds is 4. The first kappa shape index (κ1) is 17.8. The molecule has 0 aliphatic carbocycles. The van der Waals surface area contributed by atoms with Crippen LogP contribution in [0.1, 0.15) is 38.8 Å². The Morgan fingerprint density at radius 1 is 0.667 bits per heavy atom. The molecule has 0 amide bonds. The Morgan fingerprint density at radius 2 is 1.10 bits per heavy atom. The van der Waals surface area contributed by atoms with Crippen molar-refractivity contribution in [3.63, 3.8) is 0 Å². The van der Waals surface area contributed by atoms with Crippen LogP contribution in [0.4, 0.5) is 0 Å². The molecule has 0 unspecified atom stereocenters. The van der Waals surface area contributed by atoms with Gasteiger partial charge >= 0.3 is 0 Å². The van der Waals surface area contributed by atoms with E-state index in [4.69, 9.17) is 11.6 Å². The van der Waals surface area contributed by atoms with Crippen LogP contribution in [0.15, 0.2) is 54.6 Å². The number of benzene rings is 2. The van der Waals surface area contributed by atoms with Crippen molar-refractivity contribution in [3.8, 4) is 0 Å². The van der Waals surface area contributed by atoms with E-state index >= 15 is 0 Å². The highest BCUT2D eigenvalue weighted by Gasteiger charge is 1.96. The molecule has 0 spiro atoms. The maximum absolute atomic E-state index is 5.75. The van der Waals surface area contributed by atoms with Gasteiger partial charge in [-0.3, -0.25) is 0 Å². The van der Waals surface area contributed by atoms with Gasteiger partial charge in [-0.1, -0.05) is 81.8 Å². The summed E-state index contributed by atoms with van der Waals surface area (Å²) in [6.07, 6.45) is 2.33. The Balaban J connectivity index is 0.000000211. The lowest BCUT2D eigenvalue weighted by Gasteiger charge is -2.03. The summed E-state index contributed by atoms with van der Waals surface area (Å²) < 4.78 is 0. The van der Waals surface area contributed by atoms with Crippen molar-refractivity contribution in [2.45, 2.75) is 40.5 Å². The summed E-state index contributed by atoms with van der Waals surface area (Å²) in [5.41, 5.74) is 2.81. The molecule has 0 aliphatic rings. The van der Waals surface area contributed by atoms with Crippen LogP contribution < -0.4 is 0 Å². The number of halogens is 1. The summed E-state index contributed by atoms with van der Waals surface area (Å²) >= 11 is 5.75. The van der Waals surface area contributed by atoms with Gasteiger partial charge in [-0.2, -0.15) is 0 Å². The fraction of sp³-hybridized carbons (Fsp3) is 0.400. The van der Waals surface area contributed by atoms with Crippen molar-refractivity contribution in [2.75, 3.05) is 0 Å². The topological polar surface area (TPSA) is 0 Å². The van der Waals surface area contributed by atoms with Gasteiger partial charge in [-0.25, -0.2) is 0 Å². The van der Waals surface area contributed by atoms with Crippen LogP contribution in [0.3, 0.4) is 0 Å². The molecule has 2 aromatic carbocycles. The third-order valence-electron chi connectivity index (χ3n) is 3.04. The summed E-state index contributed by atoms with van der Waals surface area (Å²) in [4.78, 5) is 0. The molecule has 0 atom stereocenters. The van der Waals surface area contributed by atoms with Crippen LogP contribution in [0.25, 0.3) is 0 Å². The fourth-order valence-corrected chi connectivity index (χ4v) is 2.30. The van der Waals surface area contributed by atoms with Crippen molar-refractivity contribution < 1.29 is 0 Å². The summed E-state index contributed by atoms with van der Waals surface area (Å²) in [6, 6.07) is 18.7. The molecule has 0 radical (unpaired) electrons. The lowest BCUT2D eigenvalue weighted by Crippen LogP contribution is -1.92. The molecule has 21 heavy (non-hydrogen) atoms. The van der Waals surface area contributed by atoms with E-state index in [2.05, 4.69) is 70.2 Å². The molecule has 0 N–H and O–H groups in total. The van der Waals surface area contributed by atoms with Gasteiger partial charge in [-0.05, 0) is 47.9 Å². The van der Waals surface area contributed by atoms with Gasteiger partial charge < -0.3 is 0 Å². The summed E-state index contributed by atoms with van der Waals surface area (Å²) in [6.45, 7) is 8.92. The van der Waals surface area contributed by atoms with Crippen molar-refractivity contribution in [3.05, 3.63) is 70.7 Å². The third-order valence-corrected chi connectivity index (χ3v) is 3.30. The summed E-state index contributed by atoms with van der Waals surface area (Å²) in [5.74, 6) is 1.48. The monoisotopic (exact) mass is 302 g/mol. The normalized spacial score (nSPS) is 10.4. The van der Waals surface area contributed by atoms with Gasteiger partial charge in [0.15, 0.2) is 0 Å². The van der Waals surface area contributed by atoms with Crippen molar-refractivity contribution in [1.82, 2.24) is 0 Å². The second kappa shape index (κ2) is 9.63. The van der Waals surface area contributed by atoms with Gasteiger partial charge in [0, 0.05) is 5.02 Å². The van der Waals surface area contributed by atoms with E-state index in [0.29, 0.717) is 0 Å². The van der Waals surface area contributed by atoms with E-state index in [1.165, 1.54) is 17.5 Å². The first-order valence-corrected chi connectivity index (χ1v) is 8.13. The second-order valence-electron chi connectivity index (χ2n) is 6.31. The first-order valence-electron chi connectivity index (χ1n) is 7.75. The van der Waals surface area contributed by atoms with Gasteiger partial charge in [0.1, 0.15) is 0 Å². The molecular formula is C20H27Cl. The Kier molecular flexibility index (Phi) is 8.15. The molecule has 0 aliphatic heterocycles. The highest BCUT2D eigenvalue weighted by atomic mass is 35.5. The second-order valence-corrected chi connectivity index (χ2v) is 6.74. The van der Waals surface area contributed by atoms with Crippen LogP contribution in [0.2, 0.25) is 5.02 Å². The highest BCUT2D eigenvalue weighted by molar-refractivity contribution is 6.30. The molecule has 114 valence electrons. The zero-order valence-corrected chi connectivity index (χ0v) is 14.4. The molecule has 0 aromatic heterocycles. The maximum Gasteiger partial charge on any atom is 0.0406 e. The highest BCUT2D eigenvalue weighted by Crippen LogP contribution is 2.12. The Bertz CT molecular complexity index is 483. The average Bonchev–Trinajstić information content (AvgIpc) is 2.42. The van der Waals surface area contributed by atoms with E-state index in [0.717, 1.165) is 23.3 Å². The van der Waals surface area contributed by atoms with E-state index < -0.39 is 0 Å². The lowest BCUT2D eigenvalue weighted by atomic mass is 10.0. The van der Waals surface area contributed by atoms with Crippen LogP contribution in [0.5, 0.6) is 0 Å². The molecule has 2 rings (SSSR count). The van der Waals surface area contributed by atoms with Crippen LogP contribution >= 0.6 is 11.6 Å². The minimum absolute atomic E-state index is 0.719. The quantitative estimate of drug-likeness (QED) is 0.611. The summed E-state index contributed by atoms with van der Waals surface area (Å²) in [7, 11) is 0. The fourth-order valence-electron chi connectivity index (χ4n) is 2.18. The van der Waals surface area contributed by atoms with Crippen molar-refractivity contribution >= 4 is 11.6 Å². The third kappa shape index (κ3) is 8.57. The van der Waals surface area contributed by atoms with Crippen LogP contribution in [0, 0.1) is 11.8 Å². The SMILES string of the molecule is CC(C)Cc1ccc(Cl)cc1.CC(C)Cc1ccccc1. The van der Waals surface area contributed by atoms with Crippen molar-refractivity contribution in [1.29, 1.82) is 0 Å². The zero-order valence-electron chi connectivity index (χ0n) is 13.6. The van der Waals surface area contributed by atoms with Crippen LogP contribution in [-0.4, -0.2) is 0 Å². The molecule has 1 heteroatoms. The van der Waals surface area contributed by atoms with Gasteiger partial charge in [0.2, 0.25) is 0 Å². The zero-order chi connectivity index (χ0) is 15.7. The Labute approximate surface area is 135 Å². The Morgan fingerprint density at radius 3 is 1.52 bits per heavy atom. The van der Waals surface area contributed by atoms with Crippen molar-refractivity contribution in [2.24, 2.45) is 11.8 Å². The van der Waals surface area contributed by atoms with Gasteiger partial charge in [0.25, 0.3) is 0 Å². The minimum atomic E-state index is 0.719. The smallest absolute Gasteiger partial charge is 0.0406 e. The van der Waals surface area contributed by atoms with E-state index in [1.807, 2.05) is 12.1 Å². The minimum Gasteiger partial charge on any atom is -0.0843 e. The Hall–Kier alpha value is -1.27. The van der Waals surface area contributed by atoms with Gasteiger partial charge in [0.05, 0.1) is 0 Å². The molecule has 0 saturated carbocycles. The molecule has 0 heterocycles. The molecule has 2 aromatic rings. The first-order chi connectivity index (χ1) is 9.97.